The van der Waals surface area contributed by atoms with Crippen LogP contribution in [0.1, 0.15) is 47.4 Å². The van der Waals surface area contributed by atoms with Crippen molar-refractivity contribution in [1.82, 2.24) is 10.9 Å². The number of carbonyl (C=O) groups is 2. The minimum absolute atomic E-state index is 0.393. The highest BCUT2D eigenvalue weighted by molar-refractivity contribution is 5.97. The van der Waals surface area contributed by atoms with E-state index in [2.05, 4.69) is 17.8 Å². The summed E-state index contributed by atoms with van der Waals surface area (Å²) < 4.78 is 0. The number of hydrogen-bond acceptors (Lipinski definition) is 3. The normalized spacial score (nSPS) is 11.6. The topological polar surface area (TPSA) is 78.4 Å². The number of carbonyl (C=O) groups excluding carboxylic acids is 2. The molecule has 0 spiro atoms. The number of amides is 2. The standard InChI is InChI=1S/C19H22N2O3/c1-2-3-9-14-10-7-8-13-16(14)18(23)20-21-19(24)17(22)15-11-5-4-6-12-15/h4-8,10-13,17,22H,2-3,9H2,1H3,(H,20,23)(H,21,24). The number of aryl methyl sites for hydroxylation is 1. The monoisotopic (exact) mass is 326 g/mol. The Hall–Kier alpha value is -2.66. The van der Waals surface area contributed by atoms with Crippen molar-refractivity contribution in [2.75, 3.05) is 0 Å². The third-order valence-corrected chi connectivity index (χ3v) is 3.72. The highest BCUT2D eigenvalue weighted by Gasteiger charge is 2.18. The molecule has 0 bridgehead atoms. The van der Waals surface area contributed by atoms with Crippen LogP contribution in [-0.2, 0) is 11.2 Å². The smallest absolute Gasteiger partial charge is 0.271 e. The van der Waals surface area contributed by atoms with Gasteiger partial charge in [-0.25, -0.2) is 0 Å². The lowest BCUT2D eigenvalue weighted by Crippen LogP contribution is -2.44. The van der Waals surface area contributed by atoms with Crippen LogP contribution in [0.15, 0.2) is 54.6 Å². The molecular weight excluding hydrogens is 304 g/mol. The molecule has 0 radical (unpaired) electrons. The van der Waals surface area contributed by atoms with Gasteiger partial charge in [0.05, 0.1) is 0 Å². The van der Waals surface area contributed by atoms with Gasteiger partial charge < -0.3 is 5.11 Å². The Kier molecular flexibility index (Phi) is 6.51. The molecule has 2 rings (SSSR count). The number of aliphatic hydroxyl groups is 1. The van der Waals surface area contributed by atoms with Crippen molar-refractivity contribution in [2.24, 2.45) is 0 Å². The zero-order valence-electron chi connectivity index (χ0n) is 13.7. The zero-order chi connectivity index (χ0) is 17.4. The SMILES string of the molecule is CCCCc1ccccc1C(=O)NNC(=O)C(O)c1ccccc1. The Morgan fingerprint density at radius 1 is 1.00 bits per heavy atom. The first kappa shape index (κ1) is 17.7. The number of hydrogen-bond donors (Lipinski definition) is 3. The first-order valence-electron chi connectivity index (χ1n) is 8.04. The zero-order valence-corrected chi connectivity index (χ0v) is 13.7. The van der Waals surface area contributed by atoms with E-state index >= 15 is 0 Å². The van der Waals surface area contributed by atoms with Gasteiger partial charge in [0.2, 0.25) is 0 Å². The highest BCUT2D eigenvalue weighted by atomic mass is 16.3. The van der Waals surface area contributed by atoms with Crippen molar-refractivity contribution in [2.45, 2.75) is 32.3 Å². The fourth-order valence-electron chi connectivity index (χ4n) is 2.37. The van der Waals surface area contributed by atoms with Crippen LogP contribution in [0.3, 0.4) is 0 Å². The molecule has 2 aromatic carbocycles. The number of nitrogens with one attached hydrogen (secondary N) is 2. The van der Waals surface area contributed by atoms with Crippen LogP contribution in [0.5, 0.6) is 0 Å². The number of unbranched alkanes of at least 4 members (excludes halogenated alkanes) is 1. The summed E-state index contributed by atoms with van der Waals surface area (Å²) in [5.74, 6) is -1.07. The largest absolute Gasteiger partial charge is 0.378 e. The van der Waals surface area contributed by atoms with E-state index < -0.39 is 17.9 Å². The molecule has 126 valence electrons. The van der Waals surface area contributed by atoms with Crippen molar-refractivity contribution in [3.05, 3.63) is 71.3 Å². The molecule has 0 saturated carbocycles. The molecule has 2 aromatic rings. The maximum atomic E-state index is 12.3. The molecule has 5 nitrogen and oxygen atoms in total. The van der Waals surface area contributed by atoms with E-state index in [9.17, 15) is 14.7 Å². The summed E-state index contributed by atoms with van der Waals surface area (Å²) in [4.78, 5) is 24.2. The molecule has 0 aliphatic heterocycles. The molecule has 0 aliphatic rings. The molecule has 0 aliphatic carbocycles. The van der Waals surface area contributed by atoms with Crippen LogP contribution >= 0.6 is 0 Å². The van der Waals surface area contributed by atoms with E-state index in [0.29, 0.717) is 11.1 Å². The molecule has 3 N–H and O–H groups in total. The summed E-state index contributed by atoms with van der Waals surface area (Å²) in [6.45, 7) is 2.09. The summed E-state index contributed by atoms with van der Waals surface area (Å²) in [5.41, 5.74) is 6.57. The number of aliphatic hydroxyl groups excluding tert-OH is 1. The van der Waals surface area contributed by atoms with Crippen LogP contribution in [-0.4, -0.2) is 16.9 Å². The second kappa shape index (κ2) is 8.84. The second-order valence-electron chi connectivity index (χ2n) is 5.52. The van der Waals surface area contributed by atoms with Gasteiger partial charge in [-0.3, -0.25) is 20.4 Å². The number of rotatable bonds is 6. The second-order valence-corrected chi connectivity index (χ2v) is 5.52. The van der Waals surface area contributed by atoms with Crippen molar-refractivity contribution in [3.63, 3.8) is 0 Å². The van der Waals surface area contributed by atoms with E-state index in [1.807, 2.05) is 12.1 Å². The molecule has 1 unspecified atom stereocenters. The Morgan fingerprint density at radius 2 is 1.67 bits per heavy atom. The van der Waals surface area contributed by atoms with Crippen LogP contribution in [0.25, 0.3) is 0 Å². The average molecular weight is 326 g/mol. The van der Waals surface area contributed by atoms with Gasteiger partial charge in [0, 0.05) is 5.56 Å². The molecule has 1 atom stereocenters. The van der Waals surface area contributed by atoms with Crippen LogP contribution < -0.4 is 10.9 Å². The first-order chi connectivity index (χ1) is 11.6. The summed E-state index contributed by atoms with van der Waals surface area (Å²) >= 11 is 0. The van der Waals surface area contributed by atoms with Crippen molar-refractivity contribution in [1.29, 1.82) is 0 Å². The van der Waals surface area contributed by atoms with Gasteiger partial charge >= 0.3 is 0 Å². The Balaban J connectivity index is 1.97. The molecule has 0 heterocycles. The molecule has 5 heteroatoms. The van der Waals surface area contributed by atoms with Crippen molar-refractivity contribution < 1.29 is 14.7 Å². The third-order valence-electron chi connectivity index (χ3n) is 3.72. The highest BCUT2D eigenvalue weighted by Crippen LogP contribution is 2.13. The van der Waals surface area contributed by atoms with E-state index in [4.69, 9.17) is 0 Å². The summed E-state index contributed by atoms with van der Waals surface area (Å²) in [6, 6.07) is 15.8. The number of benzene rings is 2. The van der Waals surface area contributed by atoms with Gasteiger partial charge in [0.25, 0.3) is 11.8 Å². The minimum Gasteiger partial charge on any atom is -0.378 e. The summed E-state index contributed by atoms with van der Waals surface area (Å²) in [7, 11) is 0. The van der Waals surface area contributed by atoms with E-state index in [-0.39, 0.29) is 0 Å². The maximum Gasteiger partial charge on any atom is 0.271 e. The Morgan fingerprint density at radius 3 is 2.38 bits per heavy atom. The third kappa shape index (κ3) is 4.67. The summed E-state index contributed by atoms with van der Waals surface area (Å²) in [5, 5.41) is 9.98. The predicted octanol–water partition coefficient (Wildman–Crippen LogP) is 2.52. The van der Waals surface area contributed by atoms with Crippen LogP contribution in [0.4, 0.5) is 0 Å². The Bertz CT molecular complexity index is 686. The van der Waals surface area contributed by atoms with E-state index in [1.54, 1.807) is 42.5 Å². The van der Waals surface area contributed by atoms with E-state index in [1.165, 1.54) is 0 Å². The number of hydrazine groups is 1. The van der Waals surface area contributed by atoms with Gasteiger partial charge in [-0.15, -0.1) is 0 Å². The van der Waals surface area contributed by atoms with Crippen LogP contribution in [0, 0.1) is 0 Å². The van der Waals surface area contributed by atoms with Gasteiger partial charge in [0.15, 0.2) is 6.10 Å². The lowest BCUT2D eigenvalue weighted by molar-refractivity contribution is -0.130. The minimum atomic E-state index is -1.33. The van der Waals surface area contributed by atoms with Gasteiger partial charge in [0.1, 0.15) is 0 Å². The molecule has 2 amide bonds. The van der Waals surface area contributed by atoms with Crippen molar-refractivity contribution in [3.8, 4) is 0 Å². The van der Waals surface area contributed by atoms with Gasteiger partial charge in [-0.2, -0.15) is 0 Å². The predicted molar refractivity (Wildman–Crippen MR) is 92.1 cm³/mol. The lowest BCUT2D eigenvalue weighted by Gasteiger charge is -2.14. The van der Waals surface area contributed by atoms with Gasteiger partial charge in [-0.1, -0.05) is 61.9 Å². The van der Waals surface area contributed by atoms with Gasteiger partial charge in [-0.05, 0) is 30.0 Å². The molecule has 0 saturated heterocycles. The molecule has 0 aromatic heterocycles. The lowest BCUT2D eigenvalue weighted by atomic mass is 10.0. The maximum absolute atomic E-state index is 12.3. The summed E-state index contributed by atoms with van der Waals surface area (Å²) in [6.07, 6.45) is 1.50. The molecule has 0 fully saturated rings. The first-order valence-corrected chi connectivity index (χ1v) is 8.04. The quantitative estimate of drug-likeness (QED) is 0.714. The molecular formula is C19H22N2O3. The average Bonchev–Trinajstić information content (AvgIpc) is 2.64. The Labute approximate surface area is 141 Å². The van der Waals surface area contributed by atoms with Crippen LogP contribution in [0.2, 0.25) is 0 Å². The van der Waals surface area contributed by atoms with E-state index in [0.717, 1.165) is 24.8 Å². The fourth-order valence-corrected chi connectivity index (χ4v) is 2.37. The fraction of sp³-hybridized carbons (Fsp3) is 0.263. The van der Waals surface area contributed by atoms with Crippen molar-refractivity contribution >= 4 is 11.8 Å². The molecule has 24 heavy (non-hydrogen) atoms.